The summed E-state index contributed by atoms with van der Waals surface area (Å²) in [5.41, 5.74) is 1.03. The highest BCUT2D eigenvalue weighted by atomic mass is 35.5. The summed E-state index contributed by atoms with van der Waals surface area (Å²) < 4.78 is 52.9. The van der Waals surface area contributed by atoms with Crippen molar-refractivity contribution in [1.82, 2.24) is 4.98 Å². The number of rotatable bonds is 7. The van der Waals surface area contributed by atoms with E-state index in [0.717, 1.165) is 11.3 Å². The fraction of sp³-hybridized carbons (Fsp3) is 0.222. The van der Waals surface area contributed by atoms with Crippen molar-refractivity contribution in [1.29, 1.82) is 0 Å². The second kappa shape index (κ2) is 8.50. The maximum absolute atomic E-state index is 12.7. The highest BCUT2D eigenvalue weighted by Gasteiger charge is 2.20. The normalized spacial score (nSPS) is 12.1. The topological polar surface area (TPSA) is 122 Å². The summed E-state index contributed by atoms with van der Waals surface area (Å²) in [6.07, 6.45) is 0.479. The standard InChI is InChI=1S/C18H18ClN3O5S3/c1-3-8-29(24,25)18-21-16-6-4-12(9-17(16)28-18)22-30(26,27)13-5-7-15(14(19)10-13)20-11(2)23/h4-7,9-10,22H,3,8H2,1-2H3,(H,20,23). The number of benzene rings is 2. The van der Waals surface area contributed by atoms with Crippen LogP contribution in [0.15, 0.2) is 45.6 Å². The molecule has 0 aliphatic rings. The predicted molar refractivity (Wildman–Crippen MR) is 119 cm³/mol. The number of carbonyl (C=O) groups is 1. The molecule has 1 amide bonds. The predicted octanol–water partition coefficient (Wildman–Crippen LogP) is 3.89. The number of halogens is 1. The number of fused-ring (bicyclic) bond motifs is 1. The minimum absolute atomic E-state index is 0.00154. The lowest BCUT2D eigenvalue weighted by Crippen LogP contribution is -2.13. The van der Waals surface area contributed by atoms with Gasteiger partial charge in [0.05, 0.1) is 37.3 Å². The van der Waals surface area contributed by atoms with Crippen LogP contribution in [-0.2, 0) is 24.7 Å². The summed E-state index contributed by atoms with van der Waals surface area (Å²) in [5, 5.41) is 2.58. The Balaban J connectivity index is 1.89. The first-order chi connectivity index (χ1) is 14.0. The lowest BCUT2D eigenvalue weighted by molar-refractivity contribution is -0.114. The summed E-state index contributed by atoms with van der Waals surface area (Å²) in [4.78, 5) is 15.2. The van der Waals surface area contributed by atoms with E-state index in [4.69, 9.17) is 11.6 Å². The zero-order chi connectivity index (χ0) is 22.1. The number of anilines is 2. The SMILES string of the molecule is CCCS(=O)(=O)c1nc2ccc(NS(=O)(=O)c3ccc(NC(C)=O)c(Cl)c3)cc2s1. The quantitative estimate of drug-likeness (QED) is 0.521. The molecule has 3 aromatic rings. The molecule has 160 valence electrons. The third-order valence-electron chi connectivity index (χ3n) is 3.92. The Hall–Kier alpha value is -2.21. The summed E-state index contributed by atoms with van der Waals surface area (Å²) >= 11 is 7.06. The lowest BCUT2D eigenvalue weighted by Gasteiger charge is -2.10. The molecule has 0 spiro atoms. The molecule has 0 fully saturated rings. The molecule has 0 saturated heterocycles. The van der Waals surface area contributed by atoms with Gasteiger partial charge in [0.15, 0.2) is 0 Å². The van der Waals surface area contributed by atoms with Gasteiger partial charge in [-0.05, 0) is 42.8 Å². The number of amides is 1. The molecule has 0 radical (unpaired) electrons. The molecule has 12 heteroatoms. The van der Waals surface area contributed by atoms with Crippen LogP contribution in [0.5, 0.6) is 0 Å². The molecule has 2 N–H and O–H groups in total. The molecule has 2 aromatic carbocycles. The van der Waals surface area contributed by atoms with Crippen molar-refractivity contribution in [2.24, 2.45) is 0 Å². The van der Waals surface area contributed by atoms with Crippen molar-refractivity contribution in [3.05, 3.63) is 41.4 Å². The van der Waals surface area contributed by atoms with Gasteiger partial charge in [-0.1, -0.05) is 18.5 Å². The molecule has 1 aromatic heterocycles. The van der Waals surface area contributed by atoms with E-state index in [2.05, 4.69) is 15.0 Å². The zero-order valence-electron chi connectivity index (χ0n) is 16.0. The van der Waals surface area contributed by atoms with Crippen LogP contribution in [0.1, 0.15) is 20.3 Å². The Morgan fingerprint density at radius 2 is 1.87 bits per heavy atom. The number of nitrogens with zero attached hydrogens (tertiary/aromatic N) is 1. The summed E-state index contributed by atoms with van der Waals surface area (Å²) in [7, 11) is -7.42. The van der Waals surface area contributed by atoms with Crippen molar-refractivity contribution in [3.8, 4) is 0 Å². The Morgan fingerprint density at radius 1 is 1.13 bits per heavy atom. The van der Waals surface area contributed by atoms with Gasteiger partial charge < -0.3 is 5.32 Å². The Bertz CT molecular complexity index is 1330. The first-order valence-corrected chi connectivity index (χ1v) is 13.1. The van der Waals surface area contributed by atoms with Gasteiger partial charge in [0.1, 0.15) is 0 Å². The molecule has 0 aliphatic carbocycles. The van der Waals surface area contributed by atoms with Crippen molar-refractivity contribution in [3.63, 3.8) is 0 Å². The van der Waals surface area contributed by atoms with Crippen LogP contribution >= 0.6 is 22.9 Å². The number of hydrogen-bond acceptors (Lipinski definition) is 7. The first kappa shape index (κ1) is 22.5. The van der Waals surface area contributed by atoms with Crippen LogP contribution < -0.4 is 10.0 Å². The minimum Gasteiger partial charge on any atom is -0.325 e. The van der Waals surface area contributed by atoms with Crippen molar-refractivity contribution >= 4 is 70.3 Å². The van der Waals surface area contributed by atoms with Crippen molar-refractivity contribution < 1.29 is 21.6 Å². The van der Waals surface area contributed by atoms with Crippen LogP contribution in [0.4, 0.5) is 11.4 Å². The number of sulfonamides is 1. The second-order valence-electron chi connectivity index (χ2n) is 6.41. The number of sulfone groups is 1. The fourth-order valence-corrected chi connectivity index (χ4v) is 6.70. The van der Waals surface area contributed by atoms with Gasteiger partial charge in [-0.3, -0.25) is 9.52 Å². The molecule has 0 aliphatic heterocycles. The monoisotopic (exact) mass is 487 g/mol. The van der Waals surface area contributed by atoms with Gasteiger partial charge in [0.2, 0.25) is 20.1 Å². The molecular formula is C18H18ClN3O5S3. The molecule has 30 heavy (non-hydrogen) atoms. The molecule has 0 unspecified atom stereocenters. The average molecular weight is 488 g/mol. The first-order valence-electron chi connectivity index (χ1n) is 8.75. The Morgan fingerprint density at radius 3 is 2.50 bits per heavy atom. The highest BCUT2D eigenvalue weighted by molar-refractivity contribution is 7.93. The van der Waals surface area contributed by atoms with Crippen LogP contribution in [0.25, 0.3) is 10.2 Å². The maximum atomic E-state index is 12.7. The van der Waals surface area contributed by atoms with E-state index < -0.39 is 19.9 Å². The maximum Gasteiger partial charge on any atom is 0.261 e. The Labute approximate surface area is 183 Å². The molecule has 8 nitrogen and oxygen atoms in total. The van der Waals surface area contributed by atoms with Crippen molar-refractivity contribution in [2.75, 3.05) is 15.8 Å². The number of carbonyl (C=O) groups excluding carboxylic acids is 1. The van der Waals surface area contributed by atoms with E-state index in [0.29, 0.717) is 22.3 Å². The summed E-state index contributed by atoms with van der Waals surface area (Å²) in [6.45, 7) is 3.09. The number of aromatic nitrogens is 1. The number of nitrogens with one attached hydrogen (secondary N) is 2. The largest absolute Gasteiger partial charge is 0.325 e. The van der Waals surface area contributed by atoms with E-state index >= 15 is 0 Å². The van der Waals surface area contributed by atoms with E-state index in [1.54, 1.807) is 13.0 Å². The molecule has 1 heterocycles. The fourth-order valence-electron chi connectivity index (χ4n) is 2.62. The highest BCUT2D eigenvalue weighted by Crippen LogP contribution is 2.30. The minimum atomic E-state index is -3.96. The van der Waals surface area contributed by atoms with E-state index in [-0.39, 0.29) is 31.6 Å². The smallest absolute Gasteiger partial charge is 0.261 e. The van der Waals surface area contributed by atoms with Crippen molar-refractivity contribution in [2.45, 2.75) is 29.5 Å². The van der Waals surface area contributed by atoms with Gasteiger partial charge in [0, 0.05) is 6.92 Å². The summed E-state index contributed by atoms with van der Waals surface area (Å²) in [5.74, 6) is -0.328. The zero-order valence-corrected chi connectivity index (χ0v) is 19.2. The number of thiazole rings is 1. The van der Waals surface area contributed by atoms with Gasteiger partial charge in [0.25, 0.3) is 10.0 Å². The summed E-state index contributed by atoms with van der Waals surface area (Å²) in [6, 6.07) is 8.54. The average Bonchev–Trinajstić information content (AvgIpc) is 3.07. The molecule has 0 bridgehead atoms. The molecule has 0 atom stereocenters. The molecular weight excluding hydrogens is 470 g/mol. The second-order valence-corrected chi connectivity index (χ2v) is 11.8. The van der Waals surface area contributed by atoms with Crippen LogP contribution in [0.2, 0.25) is 5.02 Å². The van der Waals surface area contributed by atoms with Gasteiger partial charge in [-0.25, -0.2) is 21.8 Å². The van der Waals surface area contributed by atoms with Crippen LogP contribution in [-0.4, -0.2) is 33.5 Å². The van der Waals surface area contributed by atoms with E-state index in [1.165, 1.54) is 37.3 Å². The third-order valence-corrected chi connectivity index (χ3v) is 9.01. The van der Waals surface area contributed by atoms with Gasteiger partial charge >= 0.3 is 0 Å². The third kappa shape index (κ3) is 4.91. The van der Waals surface area contributed by atoms with Gasteiger partial charge in [-0.15, -0.1) is 11.3 Å². The van der Waals surface area contributed by atoms with E-state index in [9.17, 15) is 21.6 Å². The van der Waals surface area contributed by atoms with E-state index in [1.807, 2.05) is 0 Å². The Kier molecular flexibility index (Phi) is 6.37. The van der Waals surface area contributed by atoms with Gasteiger partial charge in [-0.2, -0.15) is 0 Å². The molecule has 3 rings (SSSR count). The lowest BCUT2D eigenvalue weighted by atomic mass is 10.3. The van der Waals surface area contributed by atoms with Crippen LogP contribution in [0, 0.1) is 0 Å². The van der Waals surface area contributed by atoms with Crippen LogP contribution in [0.3, 0.4) is 0 Å². The molecule has 0 saturated carbocycles. The number of hydrogen-bond donors (Lipinski definition) is 2.